The molecule has 0 radical (unpaired) electrons. The zero-order valence-electron chi connectivity index (χ0n) is 23.7. The van der Waals surface area contributed by atoms with Crippen molar-refractivity contribution in [3.63, 3.8) is 0 Å². The van der Waals surface area contributed by atoms with Crippen molar-refractivity contribution >= 4 is 37.6 Å². The Balaban J connectivity index is 1.53. The number of aliphatic hydroxyl groups excluding tert-OH is 1. The van der Waals surface area contributed by atoms with Crippen LogP contribution in [-0.4, -0.2) is 71.8 Å². The lowest BCUT2D eigenvalue weighted by Crippen LogP contribution is -2.55. The molecule has 0 saturated carbocycles. The van der Waals surface area contributed by atoms with Gasteiger partial charge in [0.1, 0.15) is 0 Å². The van der Waals surface area contributed by atoms with Gasteiger partial charge in [-0.2, -0.15) is 0 Å². The Morgan fingerprint density at radius 3 is 2.76 bits per heavy atom. The van der Waals surface area contributed by atoms with E-state index in [0.717, 1.165) is 0 Å². The first kappa shape index (κ1) is 29.1. The van der Waals surface area contributed by atoms with Crippen LogP contribution in [0, 0.1) is 5.92 Å². The predicted molar refractivity (Wildman–Crippen MR) is 150 cm³/mol. The molecule has 3 aliphatic rings. The molecule has 2 aromatic rings. The van der Waals surface area contributed by atoms with Crippen molar-refractivity contribution in [2.24, 2.45) is 5.92 Å². The highest BCUT2D eigenvalue weighted by Gasteiger charge is 2.66. The van der Waals surface area contributed by atoms with Crippen molar-refractivity contribution in [1.82, 2.24) is 15.0 Å². The summed E-state index contributed by atoms with van der Waals surface area (Å²) in [4.78, 5) is 41.4. The average molecular weight is 586 g/mol. The van der Waals surface area contributed by atoms with E-state index in [2.05, 4.69) is 16.9 Å². The summed E-state index contributed by atoms with van der Waals surface area (Å²) in [5.74, 6) is -1.51. The normalized spacial score (nSPS) is 27.4. The molecule has 220 valence electrons. The number of aryl methyl sites for hydroxylation is 1. The first-order valence-electron chi connectivity index (χ1n) is 13.9. The Hall–Kier alpha value is -3.42. The maximum Gasteiger partial charge on any atom is 0.304 e. The molecule has 3 aliphatic heterocycles. The summed E-state index contributed by atoms with van der Waals surface area (Å²) in [7, 11) is -3.37. The molecular weight excluding hydrogens is 549 g/mol. The number of amides is 2. The Bertz CT molecular complexity index is 1380. The maximum atomic E-state index is 16.1. The monoisotopic (exact) mass is 585 g/mol. The van der Waals surface area contributed by atoms with E-state index in [4.69, 9.17) is 9.47 Å². The summed E-state index contributed by atoms with van der Waals surface area (Å²) < 4.78 is 29.7. The van der Waals surface area contributed by atoms with Gasteiger partial charge in [-0.25, -0.2) is 0 Å². The number of esters is 1. The predicted octanol–water partition coefficient (Wildman–Crippen LogP) is 2.84. The molecule has 1 aromatic heterocycles. The van der Waals surface area contributed by atoms with Crippen LogP contribution in [0.3, 0.4) is 0 Å². The summed E-state index contributed by atoms with van der Waals surface area (Å²) in [6.45, 7) is 10.8. The van der Waals surface area contributed by atoms with Gasteiger partial charge in [0.15, 0.2) is 11.8 Å². The van der Waals surface area contributed by atoms with Gasteiger partial charge in [0, 0.05) is 61.9 Å². The molecule has 0 bridgehead atoms. The topological polar surface area (TPSA) is 127 Å². The summed E-state index contributed by atoms with van der Waals surface area (Å²) in [6.07, 6.45) is 2.93. The number of aliphatic hydroxyl groups is 1. The number of fused-ring (bicyclic) bond motifs is 2. The standard InChI is InChI=1S/C28H36FN5O6Si/c1-6-11-33-22-8-7-20(34-24(37)15-25(34)39-18(3)36)14-21(22)28(27(33)38)17(2)26(41(4,5)29)23(40-28)9-12-32-16-19(10-13-35)30-31-32/h6-8,14,16-17,23,25-26,35H,1,9-13,15H2,2-5H3/t17-,23+,25?,26-,28+/m0/s1. The zero-order chi connectivity index (χ0) is 29.7. The Labute approximate surface area is 239 Å². The van der Waals surface area contributed by atoms with Crippen LogP contribution in [0.1, 0.15) is 37.9 Å². The molecule has 41 heavy (non-hydrogen) atoms. The van der Waals surface area contributed by atoms with Gasteiger partial charge in [-0.1, -0.05) is 18.2 Å². The van der Waals surface area contributed by atoms with Crippen molar-refractivity contribution in [3.05, 3.63) is 48.3 Å². The Kier molecular flexibility index (Phi) is 7.64. The molecule has 5 atom stereocenters. The third kappa shape index (κ3) is 4.89. The van der Waals surface area contributed by atoms with Crippen molar-refractivity contribution in [2.45, 2.75) is 76.2 Å². The summed E-state index contributed by atoms with van der Waals surface area (Å²) in [6, 6.07) is 5.21. The van der Waals surface area contributed by atoms with E-state index in [1.807, 2.05) is 6.92 Å². The molecule has 1 unspecified atom stereocenters. The van der Waals surface area contributed by atoms with Crippen LogP contribution in [-0.2, 0) is 42.4 Å². The van der Waals surface area contributed by atoms with Gasteiger partial charge in [0.05, 0.1) is 23.9 Å². The van der Waals surface area contributed by atoms with E-state index in [0.29, 0.717) is 42.0 Å². The van der Waals surface area contributed by atoms with Crippen molar-refractivity contribution in [3.8, 4) is 0 Å². The number of halogens is 1. The molecular formula is C28H36FN5O6Si. The zero-order valence-corrected chi connectivity index (χ0v) is 24.7. The fraction of sp³-hybridized carbons (Fsp3) is 0.536. The fourth-order valence-electron chi connectivity index (χ4n) is 6.69. The molecule has 4 heterocycles. The van der Waals surface area contributed by atoms with Crippen molar-refractivity contribution < 1.29 is 33.1 Å². The van der Waals surface area contributed by atoms with Gasteiger partial charge < -0.3 is 23.6 Å². The Morgan fingerprint density at radius 2 is 2.12 bits per heavy atom. The number of aromatic nitrogens is 3. The first-order valence-corrected chi connectivity index (χ1v) is 16.8. The van der Waals surface area contributed by atoms with Gasteiger partial charge in [-0.15, -0.1) is 11.7 Å². The van der Waals surface area contributed by atoms with Crippen LogP contribution in [0.4, 0.5) is 15.5 Å². The molecule has 2 fully saturated rings. The van der Waals surface area contributed by atoms with Gasteiger partial charge in [-0.3, -0.25) is 24.0 Å². The molecule has 1 spiro atoms. The number of benzene rings is 1. The number of nitrogens with zero attached hydrogens (tertiary/aromatic N) is 5. The molecule has 11 nitrogen and oxygen atoms in total. The summed E-state index contributed by atoms with van der Waals surface area (Å²) in [5.41, 5.74) is 0.339. The lowest BCUT2D eigenvalue weighted by Gasteiger charge is -2.39. The quantitative estimate of drug-likeness (QED) is 0.148. The van der Waals surface area contributed by atoms with Crippen LogP contribution in [0.5, 0.6) is 0 Å². The number of β-lactam (4-membered cyclic amide) rings is 1. The number of rotatable bonds is 10. The maximum absolute atomic E-state index is 16.1. The second-order valence-corrected chi connectivity index (χ2v) is 15.2. The van der Waals surface area contributed by atoms with E-state index in [-0.39, 0.29) is 31.4 Å². The lowest BCUT2D eigenvalue weighted by atomic mass is 9.82. The van der Waals surface area contributed by atoms with E-state index >= 15 is 4.11 Å². The van der Waals surface area contributed by atoms with E-state index in [9.17, 15) is 19.5 Å². The third-order valence-corrected chi connectivity index (χ3v) is 10.8. The lowest BCUT2D eigenvalue weighted by molar-refractivity contribution is -0.153. The minimum Gasteiger partial charge on any atom is -0.441 e. The second-order valence-electron chi connectivity index (χ2n) is 11.4. The summed E-state index contributed by atoms with van der Waals surface area (Å²) >= 11 is 0. The van der Waals surface area contributed by atoms with Gasteiger partial charge in [0.25, 0.3) is 5.91 Å². The number of carbonyl (C=O) groups is 3. The van der Waals surface area contributed by atoms with Gasteiger partial charge in [-0.05, 0) is 37.7 Å². The molecule has 2 amide bonds. The largest absolute Gasteiger partial charge is 0.441 e. The minimum atomic E-state index is -3.37. The number of ether oxygens (including phenoxy) is 2. The SMILES string of the molecule is C=CCN1C(=O)[C@]2(O[C@H](CCn3cc(CCO)nn3)[C@@H]([Si](C)(C)F)[C@@H]2C)c2cc(N3C(=O)CC3OC(C)=O)ccc21. The second kappa shape index (κ2) is 10.8. The highest BCUT2D eigenvalue weighted by Crippen LogP contribution is 2.60. The third-order valence-electron chi connectivity index (χ3n) is 8.34. The smallest absolute Gasteiger partial charge is 0.304 e. The molecule has 2 saturated heterocycles. The number of hydrogen-bond donors (Lipinski definition) is 1. The molecule has 1 aromatic carbocycles. The first-order chi connectivity index (χ1) is 19.4. The fourth-order valence-corrected chi connectivity index (χ4v) is 9.23. The van der Waals surface area contributed by atoms with E-state index in [1.165, 1.54) is 11.8 Å². The van der Waals surface area contributed by atoms with Crippen LogP contribution >= 0.6 is 0 Å². The molecule has 13 heteroatoms. The highest BCUT2D eigenvalue weighted by molar-refractivity contribution is 6.72. The minimum absolute atomic E-state index is 0.0381. The van der Waals surface area contributed by atoms with Gasteiger partial charge >= 0.3 is 5.97 Å². The van der Waals surface area contributed by atoms with Crippen molar-refractivity contribution in [1.29, 1.82) is 0 Å². The number of anilines is 2. The molecule has 0 aliphatic carbocycles. The molecule has 1 N–H and O–H groups in total. The van der Waals surface area contributed by atoms with Gasteiger partial charge in [0.2, 0.25) is 14.3 Å². The van der Waals surface area contributed by atoms with E-state index < -0.39 is 43.8 Å². The summed E-state index contributed by atoms with van der Waals surface area (Å²) in [5, 5.41) is 17.4. The van der Waals surface area contributed by atoms with Crippen LogP contribution < -0.4 is 9.80 Å². The Morgan fingerprint density at radius 1 is 1.37 bits per heavy atom. The van der Waals surface area contributed by atoms with Crippen LogP contribution in [0.15, 0.2) is 37.1 Å². The van der Waals surface area contributed by atoms with Crippen molar-refractivity contribution in [2.75, 3.05) is 23.0 Å². The average Bonchev–Trinajstić information content (AvgIpc) is 3.53. The number of carbonyl (C=O) groups excluding carboxylic acids is 3. The number of hydrogen-bond acceptors (Lipinski definition) is 8. The van der Waals surface area contributed by atoms with Crippen LogP contribution in [0.25, 0.3) is 0 Å². The van der Waals surface area contributed by atoms with E-state index in [1.54, 1.807) is 53.1 Å². The van der Waals surface area contributed by atoms with Crippen LogP contribution in [0.2, 0.25) is 18.6 Å². The molecule has 5 rings (SSSR count). The highest BCUT2D eigenvalue weighted by atomic mass is 28.4.